The fourth-order valence-electron chi connectivity index (χ4n) is 3.91. The van der Waals surface area contributed by atoms with Crippen LogP contribution in [0.15, 0.2) is 72.0 Å². The lowest BCUT2D eigenvalue weighted by Gasteiger charge is -2.09. The van der Waals surface area contributed by atoms with Crippen molar-refractivity contribution in [1.29, 1.82) is 5.26 Å². The minimum Gasteiger partial charge on any atom is -0.508 e. The summed E-state index contributed by atoms with van der Waals surface area (Å²) in [5.41, 5.74) is 5.47. The molecule has 32 heavy (non-hydrogen) atoms. The number of methoxy groups -OCH3 is 1. The first-order chi connectivity index (χ1) is 15.6. The van der Waals surface area contributed by atoms with Crippen molar-refractivity contribution in [3.8, 4) is 34.6 Å². The summed E-state index contributed by atoms with van der Waals surface area (Å²) in [6.07, 6.45) is 5.35. The topological polar surface area (TPSA) is 101 Å². The van der Waals surface area contributed by atoms with Gasteiger partial charge in [-0.3, -0.25) is 9.55 Å². The molecule has 0 radical (unpaired) electrons. The molecule has 3 aromatic heterocycles. The molecule has 0 unspecified atom stereocenters. The van der Waals surface area contributed by atoms with Gasteiger partial charge in [0.05, 0.1) is 41.7 Å². The maximum Gasteiger partial charge on any atom is 0.226 e. The van der Waals surface area contributed by atoms with Crippen LogP contribution in [-0.4, -0.2) is 31.3 Å². The van der Waals surface area contributed by atoms with Crippen molar-refractivity contribution in [1.82, 2.24) is 19.1 Å². The lowest BCUT2D eigenvalue weighted by molar-refractivity contribution is 0.398. The quantitative estimate of drug-likeness (QED) is 0.447. The van der Waals surface area contributed by atoms with Gasteiger partial charge in [0, 0.05) is 18.5 Å². The van der Waals surface area contributed by atoms with Gasteiger partial charge in [-0.2, -0.15) is 5.26 Å². The molecule has 2 aromatic carbocycles. The van der Waals surface area contributed by atoms with Gasteiger partial charge in [-0.25, -0.2) is 4.98 Å². The van der Waals surface area contributed by atoms with Gasteiger partial charge in [-0.15, -0.1) is 4.99 Å². The number of benzene rings is 2. The van der Waals surface area contributed by atoms with Crippen LogP contribution in [0.4, 0.5) is 0 Å². The van der Waals surface area contributed by atoms with E-state index >= 15 is 0 Å². The van der Waals surface area contributed by atoms with Crippen molar-refractivity contribution >= 4 is 21.9 Å². The average molecular weight is 422 g/mol. The highest BCUT2D eigenvalue weighted by Crippen LogP contribution is 2.31. The van der Waals surface area contributed by atoms with Gasteiger partial charge in [-0.05, 0) is 41.5 Å². The second-order valence-electron chi connectivity index (χ2n) is 7.24. The third-order valence-electron chi connectivity index (χ3n) is 5.42. The Kier molecular flexibility index (Phi) is 4.57. The van der Waals surface area contributed by atoms with Gasteiger partial charge in [0.15, 0.2) is 0 Å². The van der Waals surface area contributed by atoms with E-state index < -0.39 is 0 Å². The van der Waals surface area contributed by atoms with E-state index in [1.54, 1.807) is 37.7 Å². The molecule has 0 bridgehead atoms. The van der Waals surface area contributed by atoms with Crippen LogP contribution in [0.1, 0.15) is 0 Å². The van der Waals surface area contributed by atoms with Crippen LogP contribution in [0.3, 0.4) is 0 Å². The van der Waals surface area contributed by atoms with E-state index in [0.29, 0.717) is 11.5 Å². The van der Waals surface area contributed by atoms with Crippen molar-refractivity contribution in [3.63, 3.8) is 0 Å². The van der Waals surface area contributed by atoms with Crippen LogP contribution in [0.25, 0.3) is 38.8 Å². The van der Waals surface area contributed by atoms with Crippen LogP contribution in [0, 0.1) is 11.5 Å². The maximum atomic E-state index is 9.91. The molecule has 5 aromatic rings. The number of nitrogens with zero attached hydrogens (tertiary/aromatic N) is 6. The molecular formula is C24H18N6O2. The summed E-state index contributed by atoms with van der Waals surface area (Å²) in [6, 6.07) is 16.7. The number of imidazole rings is 1. The number of ether oxygens (including phenoxy) is 1. The van der Waals surface area contributed by atoms with Crippen LogP contribution in [0.2, 0.25) is 0 Å². The van der Waals surface area contributed by atoms with E-state index in [2.05, 4.69) is 15.0 Å². The Bertz CT molecular complexity index is 1590. The fourth-order valence-corrected chi connectivity index (χ4v) is 3.91. The summed E-state index contributed by atoms with van der Waals surface area (Å²) in [7, 11) is 3.41. The van der Waals surface area contributed by atoms with E-state index in [-0.39, 0.29) is 5.75 Å². The lowest BCUT2D eigenvalue weighted by atomic mass is 10.0. The number of aryl methyl sites for hydroxylation is 1. The second-order valence-corrected chi connectivity index (χ2v) is 7.24. The van der Waals surface area contributed by atoms with Gasteiger partial charge in [0.25, 0.3) is 0 Å². The van der Waals surface area contributed by atoms with Crippen molar-refractivity contribution in [2.45, 2.75) is 0 Å². The number of hydrogen-bond donors (Lipinski definition) is 1. The number of fused-ring (bicyclic) bond motifs is 3. The fraction of sp³-hybridized carbons (Fsp3) is 0.0833. The van der Waals surface area contributed by atoms with Crippen LogP contribution >= 0.6 is 0 Å². The molecule has 8 heteroatoms. The van der Waals surface area contributed by atoms with Crippen molar-refractivity contribution < 1.29 is 9.84 Å². The normalized spacial score (nSPS) is 11.7. The van der Waals surface area contributed by atoms with E-state index in [1.165, 1.54) is 0 Å². The molecule has 1 N–H and O–H groups in total. The molecule has 0 saturated carbocycles. The Balaban J connectivity index is 1.89. The molecule has 0 aliphatic rings. The van der Waals surface area contributed by atoms with Gasteiger partial charge in [0.1, 0.15) is 5.75 Å². The molecular weight excluding hydrogens is 404 g/mol. The van der Waals surface area contributed by atoms with Crippen molar-refractivity contribution in [3.05, 3.63) is 72.6 Å². The molecule has 0 saturated heterocycles. The Labute approximate surface area is 182 Å². The third kappa shape index (κ3) is 3.04. The van der Waals surface area contributed by atoms with Crippen LogP contribution in [-0.2, 0) is 7.05 Å². The predicted octanol–water partition coefficient (Wildman–Crippen LogP) is 3.68. The van der Waals surface area contributed by atoms with E-state index in [4.69, 9.17) is 4.74 Å². The summed E-state index contributed by atoms with van der Waals surface area (Å²) in [5.74, 6) is 0.694. The van der Waals surface area contributed by atoms with Gasteiger partial charge < -0.3 is 14.4 Å². The minimum absolute atomic E-state index is 0.202. The molecule has 0 aliphatic carbocycles. The predicted molar refractivity (Wildman–Crippen MR) is 120 cm³/mol. The number of phenols is 1. The minimum atomic E-state index is 0.202. The standard InChI is InChI=1S/C24H18N6O2/c1-29-21-13-26-20-8-6-16(15-4-3-5-18(31)10-15)11-19(20)23(21)30(24(29)28-14-25)17-7-9-22(32-2)27-12-17/h3-13,31H,1-2H3/b28-24-. The van der Waals surface area contributed by atoms with Crippen LogP contribution < -0.4 is 10.4 Å². The Hall–Kier alpha value is -4.64. The molecule has 0 fully saturated rings. The van der Waals surface area contributed by atoms with Gasteiger partial charge >= 0.3 is 0 Å². The number of aromatic hydroxyl groups is 1. The largest absolute Gasteiger partial charge is 0.508 e. The molecule has 3 heterocycles. The number of hydrogen-bond acceptors (Lipinski definition) is 6. The first kappa shape index (κ1) is 19.3. The highest BCUT2D eigenvalue weighted by molar-refractivity contribution is 6.04. The summed E-state index contributed by atoms with van der Waals surface area (Å²) in [6.45, 7) is 0. The number of nitriles is 1. The van der Waals surface area contributed by atoms with E-state index in [9.17, 15) is 10.4 Å². The Morgan fingerprint density at radius 3 is 2.59 bits per heavy atom. The number of aromatic nitrogens is 4. The van der Waals surface area contributed by atoms with Gasteiger partial charge in [0.2, 0.25) is 17.7 Å². The first-order valence-corrected chi connectivity index (χ1v) is 9.83. The zero-order valence-electron chi connectivity index (χ0n) is 17.4. The SMILES string of the molecule is COc1ccc(-n2/c(=N\C#N)n(C)c3cnc4ccc(-c5cccc(O)c5)cc4c32)cn1. The summed E-state index contributed by atoms with van der Waals surface area (Å²) in [5, 5.41) is 20.1. The third-order valence-corrected chi connectivity index (χ3v) is 5.42. The molecule has 8 nitrogen and oxygen atoms in total. The molecule has 0 aliphatic heterocycles. The molecule has 0 spiro atoms. The zero-order valence-corrected chi connectivity index (χ0v) is 17.4. The smallest absolute Gasteiger partial charge is 0.226 e. The van der Waals surface area contributed by atoms with E-state index in [1.807, 2.05) is 58.8 Å². The molecule has 156 valence electrons. The lowest BCUT2D eigenvalue weighted by Crippen LogP contribution is -2.22. The number of pyridine rings is 2. The molecule has 0 atom stereocenters. The second kappa shape index (κ2) is 7.56. The average Bonchev–Trinajstić information content (AvgIpc) is 3.11. The molecule has 5 rings (SSSR count). The summed E-state index contributed by atoms with van der Waals surface area (Å²) >= 11 is 0. The monoisotopic (exact) mass is 422 g/mol. The van der Waals surface area contributed by atoms with Gasteiger partial charge in [-0.1, -0.05) is 18.2 Å². The highest BCUT2D eigenvalue weighted by Gasteiger charge is 2.16. The highest BCUT2D eigenvalue weighted by atomic mass is 16.5. The van der Waals surface area contributed by atoms with Crippen LogP contribution in [0.5, 0.6) is 11.6 Å². The Morgan fingerprint density at radius 1 is 1.03 bits per heavy atom. The Morgan fingerprint density at radius 2 is 1.88 bits per heavy atom. The summed E-state index contributed by atoms with van der Waals surface area (Å²) in [4.78, 5) is 13.0. The number of rotatable bonds is 3. The summed E-state index contributed by atoms with van der Waals surface area (Å²) < 4.78 is 8.91. The first-order valence-electron chi connectivity index (χ1n) is 9.83. The van der Waals surface area contributed by atoms with E-state index in [0.717, 1.165) is 38.8 Å². The number of phenolic OH excluding ortho intramolecular Hbond substituents is 1. The maximum absolute atomic E-state index is 9.91. The molecule has 0 amide bonds. The zero-order chi connectivity index (χ0) is 22.2. The van der Waals surface area contributed by atoms with Crippen molar-refractivity contribution in [2.24, 2.45) is 12.0 Å². The van der Waals surface area contributed by atoms with Crippen molar-refractivity contribution in [2.75, 3.05) is 7.11 Å².